The highest BCUT2D eigenvalue weighted by atomic mass is 19.1. The van der Waals surface area contributed by atoms with Crippen LogP contribution < -0.4 is 15.4 Å². The van der Waals surface area contributed by atoms with Crippen molar-refractivity contribution in [1.82, 2.24) is 20.0 Å². The van der Waals surface area contributed by atoms with Gasteiger partial charge in [0, 0.05) is 19.3 Å². The van der Waals surface area contributed by atoms with Gasteiger partial charge in [0.15, 0.2) is 11.4 Å². The summed E-state index contributed by atoms with van der Waals surface area (Å²) in [7, 11) is 0. The van der Waals surface area contributed by atoms with Gasteiger partial charge in [0.05, 0.1) is 11.3 Å². The molecule has 0 saturated carbocycles. The van der Waals surface area contributed by atoms with Gasteiger partial charge in [-0.25, -0.2) is 18.6 Å². The Morgan fingerprint density at radius 2 is 1.83 bits per heavy atom. The van der Waals surface area contributed by atoms with Crippen LogP contribution in [0.2, 0.25) is 0 Å². The zero-order chi connectivity index (χ0) is 21.8. The molecule has 0 saturated heterocycles. The van der Waals surface area contributed by atoms with Gasteiger partial charge in [0.2, 0.25) is 0 Å². The molecule has 0 unspecified atom stereocenters. The fourth-order valence-corrected chi connectivity index (χ4v) is 2.99. The van der Waals surface area contributed by atoms with Crippen molar-refractivity contribution in [2.24, 2.45) is 0 Å². The second kappa shape index (κ2) is 8.76. The van der Waals surface area contributed by atoms with Gasteiger partial charge in [-0.2, -0.15) is 0 Å². The minimum absolute atomic E-state index is 0.0540. The molecule has 3 N–H and O–H groups in total. The molecule has 0 aliphatic carbocycles. The number of rotatable bonds is 7. The van der Waals surface area contributed by atoms with Crippen LogP contribution in [-0.4, -0.2) is 39.6 Å². The molecule has 1 aromatic carbocycles. The smallest absolute Gasteiger partial charge is 0.404 e. The Bertz CT molecular complexity index is 1090. The Labute approximate surface area is 170 Å². The number of carboxylic acid groups (broad SMARTS) is 1. The van der Waals surface area contributed by atoms with Gasteiger partial charge >= 0.3 is 6.09 Å². The summed E-state index contributed by atoms with van der Waals surface area (Å²) in [6, 6.07) is 5.23. The molecule has 30 heavy (non-hydrogen) atoms. The van der Waals surface area contributed by atoms with Crippen molar-refractivity contribution in [1.29, 1.82) is 0 Å². The summed E-state index contributed by atoms with van der Waals surface area (Å²) in [5.41, 5.74) is 1.54. The van der Waals surface area contributed by atoms with E-state index in [1.807, 2.05) is 0 Å². The standard InChI is InChI=1S/C20H20F2N4O4/c1-11-8-16(30-10-13-14(21)4-3-5-15(13)22)18-25-12(2)17(26(18)9-11)19(27)23-6-7-24-20(28)29/h3-5,8-9,24H,6-7,10H2,1-2H3,(H,23,27)(H,28,29). The number of amides is 2. The third kappa shape index (κ3) is 4.48. The number of carbonyl (C=O) groups is 2. The highest BCUT2D eigenvalue weighted by molar-refractivity contribution is 5.95. The molecule has 0 bridgehead atoms. The predicted octanol–water partition coefficient (Wildman–Crippen LogP) is 2.81. The Morgan fingerprint density at radius 3 is 2.50 bits per heavy atom. The van der Waals surface area contributed by atoms with Gasteiger partial charge in [0.25, 0.3) is 5.91 Å². The molecule has 0 aliphatic rings. The van der Waals surface area contributed by atoms with Crippen LogP contribution in [0.25, 0.3) is 5.65 Å². The number of aryl methyl sites for hydroxylation is 2. The topological polar surface area (TPSA) is 105 Å². The number of halogens is 2. The molecule has 0 fully saturated rings. The number of ether oxygens (including phenoxy) is 1. The number of pyridine rings is 1. The van der Waals surface area contributed by atoms with Gasteiger partial charge in [-0.15, -0.1) is 0 Å². The number of nitrogens with one attached hydrogen (secondary N) is 2. The number of hydrogen-bond donors (Lipinski definition) is 3. The average Bonchev–Trinajstić information content (AvgIpc) is 3.00. The van der Waals surface area contributed by atoms with Crippen LogP contribution in [-0.2, 0) is 6.61 Å². The van der Waals surface area contributed by atoms with Gasteiger partial charge in [-0.05, 0) is 37.6 Å². The summed E-state index contributed by atoms with van der Waals surface area (Å²) in [5.74, 6) is -1.60. The minimum Gasteiger partial charge on any atom is -0.485 e. The lowest BCUT2D eigenvalue weighted by molar-refractivity contribution is 0.0946. The van der Waals surface area contributed by atoms with E-state index in [1.165, 1.54) is 10.5 Å². The fraction of sp³-hybridized carbons (Fsp3) is 0.250. The van der Waals surface area contributed by atoms with Gasteiger partial charge < -0.3 is 20.5 Å². The van der Waals surface area contributed by atoms with E-state index >= 15 is 0 Å². The second-order valence-electron chi connectivity index (χ2n) is 6.60. The molecular weight excluding hydrogens is 398 g/mol. The Kier molecular flexibility index (Phi) is 6.14. The molecule has 158 valence electrons. The summed E-state index contributed by atoms with van der Waals surface area (Å²) in [4.78, 5) is 27.4. The molecule has 3 rings (SSSR count). The molecule has 10 heteroatoms. The maximum Gasteiger partial charge on any atom is 0.404 e. The first-order valence-corrected chi connectivity index (χ1v) is 9.08. The van der Waals surface area contributed by atoms with Crippen molar-refractivity contribution in [2.45, 2.75) is 20.5 Å². The van der Waals surface area contributed by atoms with Crippen molar-refractivity contribution in [2.75, 3.05) is 13.1 Å². The lowest BCUT2D eigenvalue weighted by atomic mass is 10.2. The van der Waals surface area contributed by atoms with E-state index in [-0.39, 0.29) is 36.7 Å². The van der Waals surface area contributed by atoms with Crippen LogP contribution in [0, 0.1) is 25.5 Å². The number of hydrogen-bond acceptors (Lipinski definition) is 4. The van der Waals surface area contributed by atoms with E-state index in [1.54, 1.807) is 26.1 Å². The Balaban J connectivity index is 1.86. The molecule has 2 amide bonds. The lowest BCUT2D eigenvalue weighted by Crippen LogP contribution is -2.34. The molecule has 2 aromatic heterocycles. The summed E-state index contributed by atoms with van der Waals surface area (Å²) < 4.78 is 35.0. The SMILES string of the molecule is Cc1cc(OCc2c(F)cccc2F)c2nc(C)c(C(=O)NCCNC(=O)O)n2c1. The second-order valence-corrected chi connectivity index (χ2v) is 6.60. The van der Waals surface area contributed by atoms with Gasteiger partial charge in [-0.3, -0.25) is 9.20 Å². The fourth-order valence-electron chi connectivity index (χ4n) is 2.99. The van der Waals surface area contributed by atoms with Crippen molar-refractivity contribution < 1.29 is 28.2 Å². The van der Waals surface area contributed by atoms with Crippen LogP contribution in [0.3, 0.4) is 0 Å². The molecule has 0 radical (unpaired) electrons. The van der Waals surface area contributed by atoms with E-state index in [4.69, 9.17) is 9.84 Å². The summed E-state index contributed by atoms with van der Waals surface area (Å²) >= 11 is 0. The van der Waals surface area contributed by atoms with E-state index in [2.05, 4.69) is 15.6 Å². The van der Waals surface area contributed by atoms with E-state index in [0.29, 0.717) is 11.3 Å². The summed E-state index contributed by atoms with van der Waals surface area (Å²) in [6.45, 7) is 3.24. The highest BCUT2D eigenvalue weighted by Gasteiger charge is 2.20. The maximum atomic E-state index is 13.9. The van der Waals surface area contributed by atoms with Crippen molar-refractivity contribution in [3.63, 3.8) is 0 Å². The number of carbonyl (C=O) groups excluding carboxylic acids is 1. The van der Waals surface area contributed by atoms with Crippen molar-refractivity contribution >= 4 is 17.6 Å². The average molecular weight is 418 g/mol. The van der Waals surface area contributed by atoms with Crippen LogP contribution in [0.4, 0.5) is 13.6 Å². The van der Waals surface area contributed by atoms with Crippen LogP contribution in [0.1, 0.15) is 27.3 Å². The van der Waals surface area contributed by atoms with Crippen LogP contribution in [0.15, 0.2) is 30.5 Å². The lowest BCUT2D eigenvalue weighted by Gasteiger charge is -2.11. The monoisotopic (exact) mass is 418 g/mol. The number of aromatic nitrogens is 2. The Hall–Kier alpha value is -3.69. The van der Waals surface area contributed by atoms with Gasteiger partial charge in [-0.1, -0.05) is 6.07 Å². The molecule has 0 atom stereocenters. The quantitative estimate of drug-likeness (QED) is 0.512. The number of fused-ring (bicyclic) bond motifs is 1. The summed E-state index contributed by atoms with van der Waals surface area (Å²) in [5, 5.41) is 13.4. The maximum absolute atomic E-state index is 13.9. The van der Waals surface area contributed by atoms with E-state index in [0.717, 1.165) is 17.7 Å². The van der Waals surface area contributed by atoms with Crippen molar-refractivity contribution in [3.05, 3.63) is 64.6 Å². The zero-order valence-corrected chi connectivity index (χ0v) is 16.3. The number of benzene rings is 1. The predicted molar refractivity (Wildman–Crippen MR) is 104 cm³/mol. The normalized spacial score (nSPS) is 10.8. The molecule has 8 nitrogen and oxygen atoms in total. The molecule has 3 aromatic rings. The largest absolute Gasteiger partial charge is 0.485 e. The van der Waals surface area contributed by atoms with Crippen LogP contribution in [0.5, 0.6) is 5.75 Å². The first-order valence-electron chi connectivity index (χ1n) is 9.08. The highest BCUT2D eigenvalue weighted by Crippen LogP contribution is 2.25. The summed E-state index contributed by atoms with van der Waals surface area (Å²) in [6.07, 6.45) is 0.509. The minimum atomic E-state index is -1.18. The molecule has 0 aliphatic heterocycles. The van der Waals surface area contributed by atoms with Crippen LogP contribution >= 0.6 is 0 Å². The first kappa shape index (κ1) is 21.0. The molecule has 2 heterocycles. The molecule has 0 spiro atoms. The molecular formula is C20H20F2N4O4. The zero-order valence-electron chi connectivity index (χ0n) is 16.3. The third-order valence-corrected chi connectivity index (χ3v) is 4.33. The van der Waals surface area contributed by atoms with E-state index in [9.17, 15) is 18.4 Å². The first-order chi connectivity index (χ1) is 14.3. The number of nitrogens with zero attached hydrogens (tertiary/aromatic N) is 2. The number of imidazole rings is 1. The van der Waals surface area contributed by atoms with Crippen molar-refractivity contribution in [3.8, 4) is 5.75 Å². The van der Waals surface area contributed by atoms with E-state index < -0.39 is 23.6 Å². The third-order valence-electron chi connectivity index (χ3n) is 4.33. The van der Waals surface area contributed by atoms with Gasteiger partial charge in [0.1, 0.15) is 23.9 Å². The Morgan fingerprint density at radius 1 is 1.17 bits per heavy atom.